The number of hydrogen-bond acceptors (Lipinski definition) is 9. The average molecular weight is 409 g/mol. The van der Waals surface area contributed by atoms with Crippen LogP contribution >= 0.6 is 0 Å². The third-order valence-corrected chi connectivity index (χ3v) is 6.64. The van der Waals surface area contributed by atoms with Crippen molar-refractivity contribution < 1.29 is 33.2 Å². The summed E-state index contributed by atoms with van der Waals surface area (Å²) in [6.07, 6.45) is 0.426. The highest BCUT2D eigenvalue weighted by atomic mass is 32.2. The molecular formula is C13H28BN5O7S. The van der Waals surface area contributed by atoms with Gasteiger partial charge in [0.2, 0.25) is 0 Å². The lowest BCUT2D eigenvalue weighted by Gasteiger charge is -2.28. The minimum atomic E-state index is -4.34. The summed E-state index contributed by atoms with van der Waals surface area (Å²) in [5.74, 6) is -3.02. The standard InChI is InChI=1S/C13H28BN5O7S/c1-2-19(11(20)10(16)6-15)27(25,26)18-7-9(4-3-5-14(23)24)13(17,8-18)12(21)22/h9-10,23-24H,2-8,15-17H2,1H3,(H,21,22)/t9-,10?,13-/m0/s1. The minimum absolute atomic E-state index is 0.00384. The monoisotopic (exact) mass is 409 g/mol. The van der Waals surface area contributed by atoms with Gasteiger partial charge in [-0.1, -0.05) is 6.42 Å². The molecule has 14 heteroatoms. The van der Waals surface area contributed by atoms with Crippen molar-refractivity contribution in [1.82, 2.24) is 8.61 Å². The summed E-state index contributed by atoms with van der Waals surface area (Å²) in [6.45, 7) is 0.277. The van der Waals surface area contributed by atoms with Crippen molar-refractivity contribution in [3.05, 3.63) is 0 Å². The first-order chi connectivity index (χ1) is 12.4. The Kier molecular flexibility index (Phi) is 8.16. The zero-order valence-electron chi connectivity index (χ0n) is 15.2. The number of carbonyl (C=O) groups is 2. The number of carbonyl (C=O) groups excluding carboxylic acids is 1. The molecule has 0 aromatic carbocycles. The number of carboxylic acids is 1. The van der Waals surface area contributed by atoms with Crippen LogP contribution in [0.25, 0.3) is 0 Å². The van der Waals surface area contributed by atoms with Gasteiger partial charge in [-0.15, -0.1) is 0 Å². The van der Waals surface area contributed by atoms with Gasteiger partial charge in [0.15, 0.2) is 0 Å². The van der Waals surface area contributed by atoms with Crippen LogP contribution in [-0.2, 0) is 19.8 Å². The molecule has 27 heavy (non-hydrogen) atoms. The molecular weight excluding hydrogens is 381 g/mol. The fourth-order valence-electron chi connectivity index (χ4n) is 3.07. The predicted molar refractivity (Wildman–Crippen MR) is 97.2 cm³/mol. The molecule has 1 saturated heterocycles. The van der Waals surface area contributed by atoms with Crippen LogP contribution in [0.2, 0.25) is 6.32 Å². The predicted octanol–water partition coefficient (Wildman–Crippen LogP) is -3.67. The van der Waals surface area contributed by atoms with Gasteiger partial charge in [-0.05, 0) is 19.7 Å². The minimum Gasteiger partial charge on any atom is -0.480 e. The van der Waals surface area contributed by atoms with E-state index in [4.69, 9.17) is 27.2 Å². The van der Waals surface area contributed by atoms with Crippen molar-refractivity contribution in [2.24, 2.45) is 23.1 Å². The third kappa shape index (κ3) is 5.16. The van der Waals surface area contributed by atoms with Gasteiger partial charge >= 0.3 is 23.3 Å². The number of nitrogens with zero attached hydrogens (tertiary/aromatic N) is 2. The summed E-state index contributed by atoms with van der Waals surface area (Å²) in [7, 11) is -5.89. The van der Waals surface area contributed by atoms with Gasteiger partial charge in [0.05, 0.1) is 6.04 Å². The molecule has 0 aromatic rings. The van der Waals surface area contributed by atoms with E-state index in [0.29, 0.717) is 4.31 Å². The molecule has 0 radical (unpaired) electrons. The summed E-state index contributed by atoms with van der Waals surface area (Å²) in [4.78, 5) is 23.9. The van der Waals surface area contributed by atoms with Crippen molar-refractivity contribution in [3.8, 4) is 0 Å². The van der Waals surface area contributed by atoms with E-state index < -0.39 is 53.2 Å². The normalized spacial score (nSPS) is 24.6. The molecule has 0 aromatic heterocycles. The van der Waals surface area contributed by atoms with Crippen LogP contribution in [0.3, 0.4) is 0 Å². The number of hydrogen-bond donors (Lipinski definition) is 6. The smallest absolute Gasteiger partial charge is 0.451 e. The average Bonchev–Trinajstić information content (AvgIpc) is 2.93. The number of nitrogens with two attached hydrogens (primary N) is 3. The number of likely N-dealkylation sites (N-methyl/N-ethyl adjacent to an activating group) is 1. The van der Waals surface area contributed by atoms with Gasteiger partial charge in [-0.2, -0.15) is 12.7 Å². The van der Waals surface area contributed by atoms with Gasteiger partial charge < -0.3 is 32.4 Å². The van der Waals surface area contributed by atoms with Crippen LogP contribution < -0.4 is 17.2 Å². The maximum Gasteiger partial charge on any atom is 0.451 e. The maximum absolute atomic E-state index is 12.9. The third-order valence-electron chi connectivity index (χ3n) is 4.71. The second kappa shape index (κ2) is 9.27. The largest absolute Gasteiger partial charge is 0.480 e. The number of rotatable bonds is 10. The molecule has 12 nitrogen and oxygen atoms in total. The maximum atomic E-state index is 12.9. The Bertz CT molecular complexity index is 649. The zero-order valence-corrected chi connectivity index (χ0v) is 16.0. The molecule has 1 aliphatic rings. The number of aliphatic carboxylic acids is 1. The lowest BCUT2D eigenvalue weighted by Crippen LogP contribution is -2.57. The molecule has 0 saturated carbocycles. The van der Waals surface area contributed by atoms with E-state index in [9.17, 15) is 23.1 Å². The lowest BCUT2D eigenvalue weighted by molar-refractivity contribution is -0.144. The Balaban J connectivity index is 3.07. The molecule has 1 aliphatic heterocycles. The number of amides is 1. The molecule has 156 valence electrons. The second-order valence-electron chi connectivity index (χ2n) is 6.60. The van der Waals surface area contributed by atoms with Crippen molar-refractivity contribution in [3.63, 3.8) is 0 Å². The quantitative estimate of drug-likeness (QED) is 0.194. The SMILES string of the molecule is CCN(C(=O)C(N)CN)S(=O)(=O)N1C[C@H](CCCB(O)O)[C@](N)(C(=O)O)C1. The van der Waals surface area contributed by atoms with Crippen LogP contribution in [0.4, 0.5) is 0 Å². The summed E-state index contributed by atoms with van der Waals surface area (Å²) in [5, 5.41) is 27.4. The molecule has 1 heterocycles. The van der Waals surface area contributed by atoms with Crippen LogP contribution in [0.15, 0.2) is 0 Å². The first kappa shape index (κ1) is 23.8. The summed E-state index contributed by atoms with van der Waals surface area (Å²) in [5.41, 5.74) is 15.0. The Morgan fingerprint density at radius 1 is 1.41 bits per heavy atom. The highest BCUT2D eigenvalue weighted by molar-refractivity contribution is 7.87. The summed E-state index contributed by atoms with van der Waals surface area (Å²) in [6, 6.07) is -1.20. The topological polar surface area (TPSA) is 214 Å². The van der Waals surface area contributed by atoms with Crippen molar-refractivity contribution in [2.75, 3.05) is 26.2 Å². The molecule has 0 aliphatic carbocycles. The zero-order chi connectivity index (χ0) is 21.0. The van der Waals surface area contributed by atoms with Gasteiger partial charge in [0, 0.05) is 32.1 Å². The van der Waals surface area contributed by atoms with Crippen LogP contribution in [0, 0.1) is 5.92 Å². The van der Waals surface area contributed by atoms with E-state index in [2.05, 4.69) is 0 Å². The molecule has 9 N–H and O–H groups in total. The first-order valence-electron chi connectivity index (χ1n) is 8.57. The van der Waals surface area contributed by atoms with Gasteiger partial charge in [0.25, 0.3) is 5.91 Å². The molecule has 1 amide bonds. The fraction of sp³-hybridized carbons (Fsp3) is 0.846. The van der Waals surface area contributed by atoms with E-state index in [0.717, 1.165) is 4.31 Å². The lowest BCUT2D eigenvalue weighted by atomic mass is 9.78. The summed E-state index contributed by atoms with van der Waals surface area (Å²) < 4.78 is 27.2. The Labute approximate surface area is 158 Å². The molecule has 1 rings (SSSR count). The van der Waals surface area contributed by atoms with E-state index in [-0.39, 0.29) is 38.8 Å². The van der Waals surface area contributed by atoms with Gasteiger partial charge in [-0.25, -0.2) is 4.31 Å². The molecule has 0 spiro atoms. The van der Waals surface area contributed by atoms with E-state index in [1.165, 1.54) is 6.92 Å². The highest BCUT2D eigenvalue weighted by Crippen LogP contribution is 2.33. The van der Waals surface area contributed by atoms with Crippen molar-refractivity contribution in [1.29, 1.82) is 0 Å². The van der Waals surface area contributed by atoms with E-state index in [1.54, 1.807) is 0 Å². The Morgan fingerprint density at radius 2 is 2.00 bits per heavy atom. The van der Waals surface area contributed by atoms with Crippen LogP contribution in [0.1, 0.15) is 19.8 Å². The first-order valence-corrected chi connectivity index (χ1v) is 9.97. The van der Waals surface area contributed by atoms with E-state index >= 15 is 0 Å². The molecule has 3 atom stereocenters. The van der Waals surface area contributed by atoms with Crippen LogP contribution in [0.5, 0.6) is 0 Å². The van der Waals surface area contributed by atoms with Crippen molar-refractivity contribution >= 4 is 29.2 Å². The Hall–Kier alpha value is -1.29. The Morgan fingerprint density at radius 3 is 2.44 bits per heavy atom. The molecule has 1 fully saturated rings. The number of carboxylic acid groups (broad SMARTS) is 1. The summed E-state index contributed by atoms with van der Waals surface area (Å²) >= 11 is 0. The second-order valence-corrected chi connectivity index (χ2v) is 8.45. The van der Waals surface area contributed by atoms with Gasteiger partial charge in [-0.3, -0.25) is 9.59 Å². The van der Waals surface area contributed by atoms with E-state index in [1.807, 2.05) is 0 Å². The highest BCUT2D eigenvalue weighted by Gasteiger charge is 2.53. The molecule has 0 bridgehead atoms. The van der Waals surface area contributed by atoms with Crippen molar-refractivity contribution in [2.45, 2.75) is 37.7 Å². The fourth-order valence-corrected chi connectivity index (χ4v) is 4.78. The van der Waals surface area contributed by atoms with Crippen LogP contribution in [-0.4, -0.2) is 88.9 Å². The molecule has 1 unspecified atom stereocenters. The van der Waals surface area contributed by atoms with Gasteiger partial charge in [0.1, 0.15) is 5.54 Å².